The highest BCUT2D eigenvalue weighted by atomic mass is 35.5. The Morgan fingerprint density at radius 1 is 1.05 bits per heavy atom. The van der Waals surface area contributed by atoms with Crippen molar-refractivity contribution in [2.24, 2.45) is 23.3 Å². The van der Waals surface area contributed by atoms with Crippen molar-refractivity contribution in [3.63, 3.8) is 0 Å². The Morgan fingerprint density at radius 2 is 1.80 bits per heavy atom. The molecule has 2 aromatic heterocycles. The molecule has 40 heavy (non-hydrogen) atoms. The van der Waals surface area contributed by atoms with Gasteiger partial charge < -0.3 is 21.4 Å². The summed E-state index contributed by atoms with van der Waals surface area (Å²) in [5.41, 5.74) is 17.2. The second kappa shape index (κ2) is 12.5. The molecule has 1 aliphatic carbocycles. The van der Waals surface area contributed by atoms with E-state index in [4.69, 9.17) is 11.5 Å². The maximum Gasteiger partial charge on any atom is 0.323 e. The van der Waals surface area contributed by atoms with Gasteiger partial charge in [0.05, 0.1) is 11.0 Å². The zero-order valence-corrected chi connectivity index (χ0v) is 23.2. The van der Waals surface area contributed by atoms with Gasteiger partial charge >= 0.3 is 5.69 Å². The number of pyridine rings is 1. The normalized spacial score (nSPS) is 17.6. The third-order valence-electron chi connectivity index (χ3n) is 7.87. The predicted octanol–water partition coefficient (Wildman–Crippen LogP) is 3.84. The minimum absolute atomic E-state index is 0. The number of fused-ring (bicyclic) bond motifs is 1. The summed E-state index contributed by atoms with van der Waals surface area (Å²) >= 11 is 0. The highest BCUT2D eigenvalue weighted by molar-refractivity contribution is 6.02. The van der Waals surface area contributed by atoms with Gasteiger partial charge in [0.1, 0.15) is 6.04 Å². The lowest BCUT2D eigenvalue weighted by atomic mass is 9.81. The lowest BCUT2D eigenvalue weighted by molar-refractivity contribution is -0.127. The van der Waals surface area contributed by atoms with Gasteiger partial charge in [-0.25, -0.2) is 4.79 Å². The molecule has 1 aliphatic rings. The van der Waals surface area contributed by atoms with Crippen molar-refractivity contribution in [2.45, 2.75) is 45.1 Å². The van der Waals surface area contributed by atoms with E-state index in [0.717, 1.165) is 35.1 Å². The minimum Gasteiger partial charge on any atom is -0.368 e. The fraction of sp³-hybridized carbons (Fsp3) is 0.333. The standard InChI is InChI=1S/C30H34N6O3.ClH/c1-18-17-33-12-11-24(18)22-4-2-3-20(13-22)14-27(28(32)37)36(29(38)21-7-5-19(16-31)6-8-21)23-9-10-25-26(15-23)35-30(39)34-25;/h2-4,9-13,15,17,19,21,27H,5-8,14,16,31H2,1H3,(H2,32,37)(H2,34,35,39);1H/t19?,21?,27-;/m0./s1. The molecule has 4 aromatic rings. The van der Waals surface area contributed by atoms with Gasteiger partial charge in [0.25, 0.3) is 0 Å². The number of aromatic nitrogens is 3. The lowest BCUT2D eigenvalue weighted by Gasteiger charge is -2.35. The van der Waals surface area contributed by atoms with E-state index < -0.39 is 11.9 Å². The number of benzene rings is 2. The second-order valence-corrected chi connectivity index (χ2v) is 10.5. The fourth-order valence-electron chi connectivity index (χ4n) is 5.68. The molecule has 0 aliphatic heterocycles. The number of halogens is 1. The molecular weight excluding hydrogens is 528 g/mol. The van der Waals surface area contributed by atoms with Crippen LogP contribution in [0.2, 0.25) is 0 Å². The third kappa shape index (κ3) is 6.11. The fourth-order valence-corrected chi connectivity index (χ4v) is 5.68. The lowest BCUT2D eigenvalue weighted by Crippen LogP contribution is -2.52. The molecule has 9 nitrogen and oxygen atoms in total. The van der Waals surface area contributed by atoms with Crippen LogP contribution in [0.25, 0.3) is 22.2 Å². The first-order valence-corrected chi connectivity index (χ1v) is 13.4. The molecular formula is C30H35ClN6O3. The van der Waals surface area contributed by atoms with E-state index >= 15 is 0 Å². The summed E-state index contributed by atoms with van der Waals surface area (Å²) in [6.45, 7) is 2.61. The van der Waals surface area contributed by atoms with Gasteiger partial charge in [0, 0.05) is 30.4 Å². The van der Waals surface area contributed by atoms with Crippen LogP contribution in [0.5, 0.6) is 0 Å². The summed E-state index contributed by atoms with van der Waals surface area (Å²) in [4.78, 5) is 50.2. The quantitative estimate of drug-likeness (QED) is 0.257. The average Bonchev–Trinajstić information content (AvgIpc) is 3.32. The van der Waals surface area contributed by atoms with Gasteiger partial charge in [-0.05, 0) is 91.6 Å². The number of primary amides is 1. The minimum atomic E-state index is -0.915. The maximum atomic E-state index is 14.1. The molecule has 210 valence electrons. The number of hydrogen-bond donors (Lipinski definition) is 4. The molecule has 2 amide bonds. The smallest absolute Gasteiger partial charge is 0.323 e. The largest absolute Gasteiger partial charge is 0.368 e. The Balaban J connectivity index is 0.00000370. The van der Waals surface area contributed by atoms with E-state index in [-0.39, 0.29) is 36.3 Å². The summed E-state index contributed by atoms with van der Waals surface area (Å²) in [7, 11) is 0. The SMILES string of the molecule is Cc1cnccc1-c1cccc(C[C@@H](C(N)=O)N(C(=O)C2CCC(CN)CC2)c2ccc3[nH]c(=O)[nH]c3c2)c1.Cl. The van der Waals surface area contributed by atoms with Crippen LogP contribution >= 0.6 is 12.4 Å². The molecule has 0 bridgehead atoms. The number of nitrogens with one attached hydrogen (secondary N) is 2. The average molecular weight is 563 g/mol. The summed E-state index contributed by atoms with van der Waals surface area (Å²) < 4.78 is 0. The number of anilines is 1. The third-order valence-corrected chi connectivity index (χ3v) is 7.87. The molecule has 2 heterocycles. The van der Waals surface area contributed by atoms with Crippen LogP contribution in [0.4, 0.5) is 5.69 Å². The monoisotopic (exact) mass is 562 g/mol. The molecule has 0 unspecified atom stereocenters. The zero-order valence-electron chi connectivity index (χ0n) is 22.4. The van der Waals surface area contributed by atoms with Crippen molar-refractivity contribution in [2.75, 3.05) is 11.4 Å². The van der Waals surface area contributed by atoms with E-state index in [1.54, 1.807) is 29.3 Å². The van der Waals surface area contributed by atoms with Gasteiger partial charge in [0.15, 0.2) is 0 Å². The maximum absolute atomic E-state index is 14.1. The van der Waals surface area contributed by atoms with Crippen molar-refractivity contribution in [1.82, 2.24) is 15.0 Å². The Hall–Kier alpha value is -3.95. The molecule has 6 N–H and O–H groups in total. The molecule has 0 saturated heterocycles. The number of nitrogens with two attached hydrogens (primary N) is 2. The number of imidazole rings is 1. The Labute approximate surface area is 238 Å². The van der Waals surface area contributed by atoms with Crippen LogP contribution in [-0.4, -0.2) is 39.4 Å². The first kappa shape index (κ1) is 29.0. The van der Waals surface area contributed by atoms with Gasteiger partial charge in [-0.1, -0.05) is 24.3 Å². The van der Waals surface area contributed by atoms with Crippen LogP contribution < -0.4 is 22.1 Å². The van der Waals surface area contributed by atoms with Gasteiger partial charge in [-0.2, -0.15) is 0 Å². The van der Waals surface area contributed by atoms with Gasteiger partial charge in [-0.15, -0.1) is 12.4 Å². The predicted molar refractivity (Wildman–Crippen MR) is 159 cm³/mol. The Bertz CT molecular complexity index is 1560. The summed E-state index contributed by atoms with van der Waals surface area (Å²) in [5, 5.41) is 0. The first-order valence-electron chi connectivity index (χ1n) is 13.4. The van der Waals surface area contributed by atoms with E-state index in [1.165, 1.54) is 0 Å². The van der Waals surface area contributed by atoms with Crippen molar-refractivity contribution >= 4 is 40.9 Å². The van der Waals surface area contributed by atoms with E-state index in [2.05, 4.69) is 15.0 Å². The first-order chi connectivity index (χ1) is 18.8. The zero-order chi connectivity index (χ0) is 27.5. The Kier molecular flexibility index (Phi) is 9.07. The summed E-state index contributed by atoms with van der Waals surface area (Å²) in [6.07, 6.45) is 6.99. The molecule has 5 rings (SSSR count). The van der Waals surface area contributed by atoms with Crippen LogP contribution in [0.15, 0.2) is 65.7 Å². The second-order valence-electron chi connectivity index (χ2n) is 10.5. The number of carbonyl (C=O) groups is 2. The van der Waals surface area contributed by atoms with E-state index in [1.807, 2.05) is 43.5 Å². The number of carbonyl (C=O) groups excluding carboxylic acids is 2. The molecule has 0 spiro atoms. The highest BCUT2D eigenvalue weighted by Gasteiger charge is 2.36. The Morgan fingerprint density at radius 3 is 2.50 bits per heavy atom. The number of aromatic amines is 2. The van der Waals surface area contributed by atoms with Crippen molar-refractivity contribution in [3.05, 3.63) is 82.5 Å². The molecule has 2 aromatic carbocycles. The van der Waals surface area contributed by atoms with Crippen LogP contribution in [0.1, 0.15) is 36.8 Å². The van der Waals surface area contributed by atoms with E-state index in [9.17, 15) is 14.4 Å². The number of nitrogens with zero attached hydrogens (tertiary/aromatic N) is 2. The number of hydrogen-bond acceptors (Lipinski definition) is 5. The van der Waals surface area contributed by atoms with Crippen molar-refractivity contribution < 1.29 is 9.59 Å². The summed E-state index contributed by atoms with van der Waals surface area (Å²) in [6, 6.07) is 14.2. The highest BCUT2D eigenvalue weighted by Crippen LogP contribution is 2.33. The number of aryl methyl sites for hydroxylation is 1. The molecule has 10 heteroatoms. The summed E-state index contributed by atoms with van der Waals surface area (Å²) in [5.74, 6) is -0.545. The van der Waals surface area contributed by atoms with Crippen LogP contribution in [-0.2, 0) is 16.0 Å². The van der Waals surface area contributed by atoms with E-state index in [0.29, 0.717) is 42.0 Å². The molecule has 0 radical (unpaired) electrons. The van der Waals surface area contributed by atoms with Gasteiger partial charge in [-0.3, -0.25) is 19.5 Å². The number of rotatable bonds is 8. The number of amides is 2. The van der Waals surface area contributed by atoms with Crippen molar-refractivity contribution in [1.29, 1.82) is 0 Å². The van der Waals surface area contributed by atoms with Crippen LogP contribution in [0, 0.1) is 18.8 Å². The molecule has 1 saturated carbocycles. The van der Waals surface area contributed by atoms with Crippen molar-refractivity contribution in [3.8, 4) is 11.1 Å². The topological polar surface area (TPSA) is 151 Å². The molecule has 1 atom stereocenters. The molecule has 1 fully saturated rings. The van der Waals surface area contributed by atoms with Gasteiger partial charge in [0.2, 0.25) is 11.8 Å². The van der Waals surface area contributed by atoms with Crippen LogP contribution in [0.3, 0.4) is 0 Å². The number of H-pyrrole nitrogens is 2.